The maximum atomic E-state index is 6.03. The molecule has 5 heteroatoms. The standard InChI is InChI=1S/C16H11Cl2N3/c17-14-10-19-16(18)21-15(14)20-13-8-6-12(7-9-13)11-4-2-1-3-5-11/h1-10H,(H,19,20,21). The predicted molar refractivity (Wildman–Crippen MR) is 87.2 cm³/mol. The highest BCUT2D eigenvalue weighted by Gasteiger charge is 2.05. The number of hydrogen-bond acceptors (Lipinski definition) is 3. The molecule has 3 rings (SSSR count). The molecule has 0 unspecified atom stereocenters. The van der Waals surface area contributed by atoms with E-state index in [1.807, 2.05) is 42.5 Å². The normalized spacial score (nSPS) is 10.4. The summed E-state index contributed by atoms with van der Waals surface area (Å²) in [5.41, 5.74) is 3.20. The number of aromatic nitrogens is 2. The lowest BCUT2D eigenvalue weighted by molar-refractivity contribution is 1.17. The Morgan fingerprint density at radius 1 is 0.810 bits per heavy atom. The summed E-state index contributed by atoms with van der Waals surface area (Å²) in [6.45, 7) is 0. The van der Waals surface area contributed by atoms with Crippen LogP contribution in [0, 0.1) is 0 Å². The molecule has 3 nitrogen and oxygen atoms in total. The van der Waals surface area contributed by atoms with Crippen LogP contribution in [0.1, 0.15) is 0 Å². The van der Waals surface area contributed by atoms with Crippen LogP contribution in [-0.4, -0.2) is 9.97 Å². The molecule has 0 atom stereocenters. The Morgan fingerprint density at radius 3 is 2.19 bits per heavy atom. The third-order valence-corrected chi connectivity index (χ3v) is 3.43. The molecular formula is C16H11Cl2N3. The first-order valence-corrected chi connectivity index (χ1v) is 7.08. The zero-order chi connectivity index (χ0) is 14.7. The molecular weight excluding hydrogens is 305 g/mol. The Kier molecular flexibility index (Phi) is 4.04. The van der Waals surface area contributed by atoms with E-state index in [-0.39, 0.29) is 5.28 Å². The quantitative estimate of drug-likeness (QED) is 0.675. The van der Waals surface area contributed by atoms with Crippen LogP contribution in [0.3, 0.4) is 0 Å². The van der Waals surface area contributed by atoms with Crippen molar-refractivity contribution in [2.75, 3.05) is 5.32 Å². The lowest BCUT2D eigenvalue weighted by Gasteiger charge is -2.08. The van der Waals surface area contributed by atoms with Crippen molar-refractivity contribution < 1.29 is 0 Å². The number of anilines is 2. The van der Waals surface area contributed by atoms with Gasteiger partial charge in [-0.05, 0) is 34.9 Å². The minimum Gasteiger partial charge on any atom is -0.339 e. The topological polar surface area (TPSA) is 37.8 Å². The van der Waals surface area contributed by atoms with Crippen molar-refractivity contribution in [1.82, 2.24) is 9.97 Å². The van der Waals surface area contributed by atoms with Crippen molar-refractivity contribution in [2.45, 2.75) is 0 Å². The van der Waals surface area contributed by atoms with Gasteiger partial charge in [0, 0.05) is 5.69 Å². The molecule has 0 aliphatic rings. The molecule has 2 aromatic carbocycles. The Labute approximate surface area is 132 Å². The molecule has 0 spiro atoms. The average molecular weight is 316 g/mol. The third kappa shape index (κ3) is 3.32. The van der Waals surface area contributed by atoms with Gasteiger partial charge in [0.25, 0.3) is 0 Å². The Bertz CT molecular complexity index is 743. The van der Waals surface area contributed by atoms with Crippen LogP contribution in [-0.2, 0) is 0 Å². The highest BCUT2D eigenvalue weighted by Crippen LogP contribution is 2.26. The smallest absolute Gasteiger partial charge is 0.224 e. The molecule has 1 heterocycles. The summed E-state index contributed by atoms with van der Waals surface area (Å²) in [6.07, 6.45) is 1.47. The summed E-state index contributed by atoms with van der Waals surface area (Å²) >= 11 is 11.8. The van der Waals surface area contributed by atoms with Crippen molar-refractivity contribution in [3.63, 3.8) is 0 Å². The van der Waals surface area contributed by atoms with Crippen molar-refractivity contribution >= 4 is 34.7 Å². The Balaban J connectivity index is 1.83. The van der Waals surface area contributed by atoms with E-state index >= 15 is 0 Å². The fourth-order valence-corrected chi connectivity index (χ4v) is 2.22. The van der Waals surface area contributed by atoms with Crippen LogP contribution in [0.5, 0.6) is 0 Å². The van der Waals surface area contributed by atoms with Gasteiger partial charge in [0.2, 0.25) is 5.28 Å². The van der Waals surface area contributed by atoms with Crippen molar-refractivity contribution in [1.29, 1.82) is 0 Å². The van der Waals surface area contributed by atoms with Crippen LogP contribution < -0.4 is 5.32 Å². The number of nitrogens with one attached hydrogen (secondary N) is 1. The van der Waals surface area contributed by atoms with Gasteiger partial charge >= 0.3 is 0 Å². The summed E-state index contributed by atoms with van der Waals surface area (Å²) in [7, 11) is 0. The van der Waals surface area contributed by atoms with Crippen molar-refractivity contribution in [2.24, 2.45) is 0 Å². The van der Waals surface area contributed by atoms with Gasteiger partial charge < -0.3 is 5.32 Å². The average Bonchev–Trinajstić information content (AvgIpc) is 2.53. The largest absolute Gasteiger partial charge is 0.339 e. The Morgan fingerprint density at radius 2 is 1.48 bits per heavy atom. The number of nitrogens with zero attached hydrogens (tertiary/aromatic N) is 2. The summed E-state index contributed by atoms with van der Waals surface area (Å²) < 4.78 is 0. The van der Waals surface area contributed by atoms with E-state index in [0.29, 0.717) is 10.8 Å². The molecule has 104 valence electrons. The van der Waals surface area contributed by atoms with Gasteiger partial charge in [-0.25, -0.2) is 4.98 Å². The summed E-state index contributed by atoms with van der Waals surface area (Å²) in [5, 5.41) is 3.70. The van der Waals surface area contributed by atoms with E-state index in [1.165, 1.54) is 11.8 Å². The molecule has 0 aliphatic carbocycles. The minimum atomic E-state index is 0.155. The second-order valence-electron chi connectivity index (χ2n) is 4.40. The van der Waals surface area contributed by atoms with E-state index in [4.69, 9.17) is 23.2 Å². The number of hydrogen-bond donors (Lipinski definition) is 1. The van der Waals surface area contributed by atoms with Gasteiger partial charge in [-0.1, -0.05) is 54.1 Å². The lowest BCUT2D eigenvalue weighted by Crippen LogP contribution is -1.96. The van der Waals surface area contributed by atoms with Crippen LogP contribution in [0.2, 0.25) is 10.3 Å². The zero-order valence-electron chi connectivity index (χ0n) is 10.9. The van der Waals surface area contributed by atoms with Crippen LogP contribution >= 0.6 is 23.2 Å². The number of benzene rings is 2. The molecule has 0 saturated carbocycles. The number of rotatable bonds is 3. The minimum absolute atomic E-state index is 0.155. The van der Waals surface area contributed by atoms with E-state index in [1.54, 1.807) is 0 Å². The fraction of sp³-hybridized carbons (Fsp3) is 0. The summed E-state index contributed by atoms with van der Waals surface area (Å²) in [5.74, 6) is 0.490. The number of halogens is 2. The second-order valence-corrected chi connectivity index (χ2v) is 5.15. The molecule has 0 radical (unpaired) electrons. The monoisotopic (exact) mass is 315 g/mol. The molecule has 3 aromatic rings. The van der Waals surface area contributed by atoms with E-state index in [0.717, 1.165) is 11.3 Å². The van der Waals surface area contributed by atoms with Gasteiger partial charge in [-0.2, -0.15) is 4.98 Å². The molecule has 0 bridgehead atoms. The molecule has 1 N–H and O–H groups in total. The molecule has 0 saturated heterocycles. The molecule has 21 heavy (non-hydrogen) atoms. The highest BCUT2D eigenvalue weighted by molar-refractivity contribution is 6.33. The molecule has 0 aliphatic heterocycles. The zero-order valence-corrected chi connectivity index (χ0v) is 12.4. The van der Waals surface area contributed by atoms with Gasteiger partial charge in [0.15, 0.2) is 5.82 Å². The summed E-state index contributed by atoms with van der Waals surface area (Å²) in [4.78, 5) is 7.88. The molecule has 1 aromatic heterocycles. The summed E-state index contributed by atoms with van der Waals surface area (Å²) in [6, 6.07) is 18.2. The maximum Gasteiger partial charge on any atom is 0.224 e. The Hall–Kier alpha value is -2.10. The SMILES string of the molecule is Clc1ncc(Cl)c(Nc2ccc(-c3ccccc3)cc2)n1. The first kappa shape index (κ1) is 13.9. The molecule has 0 amide bonds. The third-order valence-electron chi connectivity index (χ3n) is 2.97. The van der Waals surface area contributed by atoms with Crippen molar-refractivity contribution in [3.05, 3.63) is 71.1 Å². The molecule has 0 fully saturated rings. The van der Waals surface area contributed by atoms with Gasteiger partial charge in [0.05, 0.1) is 6.20 Å². The van der Waals surface area contributed by atoms with Gasteiger partial charge in [-0.3, -0.25) is 0 Å². The van der Waals surface area contributed by atoms with Crippen LogP contribution in [0.25, 0.3) is 11.1 Å². The van der Waals surface area contributed by atoms with Crippen LogP contribution in [0.4, 0.5) is 11.5 Å². The highest BCUT2D eigenvalue weighted by atomic mass is 35.5. The predicted octanol–water partition coefficient (Wildman–Crippen LogP) is 5.19. The van der Waals surface area contributed by atoms with Gasteiger partial charge in [-0.15, -0.1) is 0 Å². The first-order chi connectivity index (χ1) is 10.2. The van der Waals surface area contributed by atoms with E-state index in [9.17, 15) is 0 Å². The maximum absolute atomic E-state index is 6.03. The van der Waals surface area contributed by atoms with E-state index < -0.39 is 0 Å². The van der Waals surface area contributed by atoms with Crippen LogP contribution in [0.15, 0.2) is 60.8 Å². The van der Waals surface area contributed by atoms with E-state index in [2.05, 4.69) is 27.4 Å². The second kappa shape index (κ2) is 6.12. The fourth-order valence-electron chi connectivity index (χ4n) is 1.95. The van der Waals surface area contributed by atoms with Crippen molar-refractivity contribution in [3.8, 4) is 11.1 Å². The van der Waals surface area contributed by atoms with Gasteiger partial charge in [0.1, 0.15) is 5.02 Å². The lowest BCUT2D eigenvalue weighted by atomic mass is 10.1. The first-order valence-electron chi connectivity index (χ1n) is 6.33.